The fraction of sp³-hybridized carbons (Fsp3) is 0.500. The minimum Gasteiger partial charge on any atom is -0.468 e. The molecule has 1 aliphatic rings. The first-order valence-corrected chi connectivity index (χ1v) is 11.6. The number of carbonyl (C=O) groups is 1. The van der Waals surface area contributed by atoms with Crippen molar-refractivity contribution in [3.05, 3.63) is 35.4 Å². The highest BCUT2D eigenvalue weighted by Gasteiger charge is 2.22. The Labute approximate surface area is 199 Å². The van der Waals surface area contributed by atoms with E-state index < -0.39 is 0 Å². The molecule has 34 heavy (non-hydrogen) atoms. The summed E-state index contributed by atoms with van der Waals surface area (Å²) in [6, 6.07) is 8.51. The number of aldehydes is 1. The Morgan fingerprint density at radius 3 is 2.53 bits per heavy atom. The number of nitrogen functional groups attached to an aromatic ring is 1. The van der Waals surface area contributed by atoms with Gasteiger partial charge < -0.3 is 19.9 Å². The number of aromatic nitrogens is 4. The third-order valence-corrected chi connectivity index (χ3v) is 6.26. The number of anilines is 1. The van der Waals surface area contributed by atoms with Gasteiger partial charge >= 0.3 is 6.01 Å². The van der Waals surface area contributed by atoms with Gasteiger partial charge in [-0.2, -0.15) is 15.0 Å². The standard InChI is InChI=1S/C24H32N6O4/c1-32-13-14-34-23-27-21(25)20-22(28-23)30(24(26-20)33-2)12-9-17-7-10-29(11-8-17)15-18-3-5-19(16-31)6-4-18/h3-6,16-17H,7-15H2,1-2H3,(H2,25,27,28). The van der Waals surface area contributed by atoms with Gasteiger partial charge in [0.15, 0.2) is 17.0 Å². The van der Waals surface area contributed by atoms with Crippen LogP contribution in [0.3, 0.4) is 0 Å². The number of nitrogens with zero attached hydrogens (tertiary/aromatic N) is 5. The van der Waals surface area contributed by atoms with Gasteiger partial charge in [0, 0.05) is 25.8 Å². The molecule has 0 radical (unpaired) electrons. The van der Waals surface area contributed by atoms with E-state index in [1.165, 1.54) is 5.56 Å². The number of ether oxygens (including phenoxy) is 3. The Morgan fingerprint density at radius 1 is 1.09 bits per heavy atom. The normalized spacial score (nSPS) is 15.0. The molecule has 0 aliphatic carbocycles. The first-order valence-electron chi connectivity index (χ1n) is 11.6. The molecule has 10 heteroatoms. The molecule has 0 spiro atoms. The number of fused-ring (bicyclic) bond motifs is 1. The first-order chi connectivity index (χ1) is 16.6. The molecule has 0 saturated carbocycles. The number of rotatable bonds is 11. The summed E-state index contributed by atoms with van der Waals surface area (Å²) in [7, 11) is 3.20. The number of piperidine rings is 1. The molecular weight excluding hydrogens is 436 g/mol. The number of nitrogens with two attached hydrogens (primary N) is 1. The topological polar surface area (TPSA) is 118 Å². The van der Waals surface area contributed by atoms with E-state index >= 15 is 0 Å². The van der Waals surface area contributed by atoms with E-state index in [1.54, 1.807) is 14.2 Å². The average Bonchev–Trinajstić information content (AvgIpc) is 3.22. The number of carbonyl (C=O) groups excluding carboxylic acids is 1. The van der Waals surface area contributed by atoms with Crippen LogP contribution in [0.15, 0.2) is 24.3 Å². The molecule has 3 aromatic rings. The number of imidazole rings is 1. The van der Waals surface area contributed by atoms with Crippen molar-refractivity contribution >= 4 is 23.3 Å². The van der Waals surface area contributed by atoms with Gasteiger partial charge in [0.1, 0.15) is 12.9 Å². The number of methoxy groups -OCH3 is 2. The van der Waals surface area contributed by atoms with Crippen molar-refractivity contribution in [2.75, 3.05) is 46.3 Å². The Balaban J connectivity index is 1.36. The zero-order chi connectivity index (χ0) is 23.9. The molecule has 182 valence electrons. The molecule has 1 aromatic carbocycles. The van der Waals surface area contributed by atoms with Crippen LogP contribution in [-0.2, 0) is 17.8 Å². The summed E-state index contributed by atoms with van der Waals surface area (Å²) in [6.07, 6.45) is 4.13. The molecule has 2 N–H and O–H groups in total. The fourth-order valence-corrected chi connectivity index (χ4v) is 4.32. The minimum atomic E-state index is 0.209. The number of hydrogen-bond acceptors (Lipinski definition) is 9. The predicted octanol–water partition coefficient (Wildman–Crippen LogP) is 2.56. The van der Waals surface area contributed by atoms with E-state index in [0.717, 1.165) is 51.7 Å². The number of benzene rings is 1. The van der Waals surface area contributed by atoms with E-state index in [0.29, 0.717) is 41.9 Å². The van der Waals surface area contributed by atoms with Crippen LogP contribution in [0, 0.1) is 5.92 Å². The van der Waals surface area contributed by atoms with Crippen molar-refractivity contribution in [3.63, 3.8) is 0 Å². The third-order valence-electron chi connectivity index (χ3n) is 6.26. The summed E-state index contributed by atoms with van der Waals surface area (Å²) in [5.74, 6) is 0.872. The highest BCUT2D eigenvalue weighted by Crippen LogP contribution is 2.28. The second kappa shape index (κ2) is 11.3. The van der Waals surface area contributed by atoms with Gasteiger partial charge in [0.05, 0.1) is 13.7 Å². The van der Waals surface area contributed by atoms with Crippen LogP contribution >= 0.6 is 0 Å². The van der Waals surface area contributed by atoms with E-state index in [-0.39, 0.29) is 11.8 Å². The Kier molecular flexibility index (Phi) is 7.91. The quantitative estimate of drug-likeness (QED) is 0.334. The van der Waals surface area contributed by atoms with Gasteiger partial charge in [-0.05, 0) is 43.8 Å². The smallest absolute Gasteiger partial charge is 0.320 e. The van der Waals surface area contributed by atoms with Crippen molar-refractivity contribution < 1.29 is 19.0 Å². The summed E-state index contributed by atoms with van der Waals surface area (Å²) in [4.78, 5) is 26.5. The summed E-state index contributed by atoms with van der Waals surface area (Å²) in [5.41, 5.74) is 9.20. The van der Waals surface area contributed by atoms with Crippen molar-refractivity contribution in [2.24, 2.45) is 5.92 Å². The lowest BCUT2D eigenvalue weighted by molar-refractivity contribution is 0.112. The Bertz CT molecular complexity index is 1090. The lowest BCUT2D eigenvalue weighted by Gasteiger charge is -2.32. The van der Waals surface area contributed by atoms with E-state index in [1.807, 2.05) is 28.8 Å². The first kappa shape index (κ1) is 23.9. The fourth-order valence-electron chi connectivity index (χ4n) is 4.32. The Hall–Kier alpha value is -3.24. The molecule has 2 aromatic heterocycles. The van der Waals surface area contributed by atoms with Gasteiger partial charge in [-0.25, -0.2) is 0 Å². The molecule has 3 heterocycles. The SMILES string of the molecule is COCCOc1nc(N)c2nc(OC)n(CCC3CCN(Cc4ccc(C=O)cc4)CC3)c2n1. The van der Waals surface area contributed by atoms with Crippen LogP contribution in [0.25, 0.3) is 11.2 Å². The summed E-state index contributed by atoms with van der Waals surface area (Å²) < 4.78 is 18.0. The van der Waals surface area contributed by atoms with Gasteiger partial charge in [0.25, 0.3) is 6.01 Å². The van der Waals surface area contributed by atoms with Gasteiger partial charge in [-0.15, -0.1) is 0 Å². The van der Waals surface area contributed by atoms with Crippen molar-refractivity contribution in [1.29, 1.82) is 0 Å². The van der Waals surface area contributed by atoms with Crippen LogP contribution < -0.4 is 15.2 Å². The summed E-state index contributed by atoms with van der Waals surface area (Å²) in [5, 5.41) is 0. The van der Waals surface area contributed by atoms with Gasteiger partial charge in [0.2, 0.25) is 0 Å². The zero-order valence-corrected chi connectivity index (χ0v) is 19.8. The maximum atomic E-state index is 10.8. The molecule has 10 nitrogen and oxygen atoms in total. The molecule has 1 saturated heterocycles. The van der Waals surface area contributed by atoms with Gasteiger partial charge in [-0.1, -0.05) is 24.3 Å². The van der Waals surface area contributed by atoms with E-state index in [4.69, 9.17) is 19.9 Å². The van der Waals surface area contributed by atoms with Crippen LogP contribution in [-0.4, -0.2) is 71.2 Å². The van der Waals surface area contributed by atoms with Gasteiger partial charge in [-0.3, -0.25) is 14.3 Å². The molecule has 4 rings (SSSR count). The predicted molar refractivity (Wildman–Crippen MR) is 128 cm³/mol. The number of hydrogen-bond donors (Lipinski definition) is 1. The maximum absolute atomic E-state index is 10.8. The zero-order valence-electron chi connectivity index (χ0n) is 19.8. The molecule has 0 unspecified atom stereocenters. The molecule has 1 fully saturated rings. The molecule has 1 aliphatic heterocycles. The summed E-state index contributed by atoms with van der Waals surface area (Å²) >= 11 is 0. The highest BCUT2D eigenvalue weighted by atomic mass is 16.5. The second-order valence-electron chi connectivity index (χ2n) is 8.52. The number of aryl methyl sites for hydroxylation is 1. The highest BCUT2D eigenvalue weighted by molar-refractivity contribution is 5.83. The van der Waals surface area contributed by atoms with E-state index in [2.05, 4.69) is 19.9 Å². The average molecular weight is 469 g/mol. The number of likely N-dealkylation sites (tertiary alicyclic amines) is 1. The monoisotopic (exact) mass is 468 g/mol. The van der Waals surface area contributed by atoms with Crippen LogP contribution in [0.2, 0.25) is 0 Å². The molecule has 0 amide bonds. The lowest BCUT2D eigenvalue weighted by Crippen LogP contribution is -2.33. The second-order valence-corrected chi connectivity index (χ2v) is 8.52. The van der Waals surface area contributed by atoms with Crippen LogP contribution in [0.4, 0.5) is 5.82 Å². The van der Waals surface area contributed by atoms with Crippen molar-refractivity contribution in [3.8, 4) is 12.0 Å². The van der Waals surface area contributed by atoms with Crippen LogP contribution in [0.1, 0.15) is 35.2 Å². The molecular formula is C24H32N6O4. The van der Waals surface area contributed by atoms with Crippen molar-refractivity contribution in [1.82, 2.24) is 24.4 Å². The van der Waals surface area contributed by atoms with Crippen molar-refractivity contribution in [2.45, 2.75) is 32.4 Å². The Morgan fingerprint density at radius 2 is 1.85 bits per heavy atom. The van der Waals surface area contributed by atoms with E-state index in [9.17, 15) is 4.79 Å². The maximum Gasteiger partial charge on any atom is 0.320 e. The molecule has 0 atom stereocenters. The largest absolute Gasteiger partial charge is 0.468 e. The molecule has 0 bridgehead atoms. The minimum absolute atomic E-state index is 0.209. The van der Waals surface area contributed by atoms with Crippen LogP contribution in [0.5, 0.6) is 12.0 Å². The lowest BCUT2D eigenvalue weighted by atomic mass is 9.93. The summed E-state index contributed by atoms with van der Waals surface area (Å²) in [6.45, 7) is 4.52. The third kappa shape index (κ3) is 5.63.